The van der Waals surface area contributed by atoms with Crippen LogP contribution >= 0.6 is 0 Å². The van der Waals surface area contributed by atoms with Crippen molar-refractivity contribution in [1.29, 1.82) is 0 Å². The molecular weight excluding hydrogens is 304 g/mol. The van der Waals surface area contributed by atoms with E-state index in [4.69, 9.17) is 4.74 Å². The van der Waals surface area contributed by atoms with E-state index in [-0.39, 0.29) is 18.1 Å². The number of carbonyl (C=O) groups excluding carboxylic acids is 1. The second kappa shape index (κ2) is 5.79. The number of H-pyrrole nitrogens is 1. The smallest absolute Gasteiger partial charge is 0.251 e. The van der Waals surface area contributed by atoms with E-state index in [1.54, 1.807) is 0 Å². The number of ether oxygens (including phenoxy) is 1. The van der Waals surface area contributed by atoms with Gasteiger partial charge in [-0.15, -0.1) is 0 Å². The maximum absolute atomic E-state index is 12.6. The van der Waals surface area contributed by atoms with E-state index < -0.39 is 0 Å². The molecule has 124 valence electrons. The van der Waals surface area contributed by atoms with Crippen LogP contribution in [0.25, 0.3) is 10.9 Å². The van der Waals surface area contributed by atoms with Crippen LogP contribution in [0.1, 0.15) is 34.1 Å². The molecule has 2 atom stereocenters. The number of carbonyl (C=O) groups is 1. The highest BCUT2D eigenvalue weighted by molar-refractivity contribution is 5.98. The van der Waals surface area contributed by atoms with E-state index in [1.165, 1.54) is 0 Å². The number of rotatable bonds is 3. The Hall–Kier alpha value is -2.60. The fraction of sp³-hybridized carbons (Fsp3) is 0.333. The number of hydrogen-bond donors (Lipinski definition) is 2. The molecule has 0 aliphatic carbocycles. The zero-order chi connectivity index (χ0) is 16.7. The number of nitrogens with zero attached hydrogens (tertiary/aromatic N) is 2. The number of benzene rings is 1. The number of aryl methyl sites for hydroxylation is 1. The Morgan fingerprint density at radius 3 is 3.08 bits per heavy atom. The van der Waals surface area contributed by atoms with Gasteiger partial charge in [-0.05, 0) is 37.6 Å². The summed E-state index contributed by atoms with van der Waals surface area (Å²) in [6, 6.07) is 7.60. The zero-order valence-electron chi connectivity index (χ0n) is 13.7. The topological polar surface area (TPSA) is 71.9 Å². The van der Waals surface area contributed by atoms with Crippen molar-refractivity contribution < 1.29 is 9.53 Å². The molecule has 0 radical (unpaired) electrons. The second-order valence-corrected chi connectivity index (χ2v) is 6.25. The van der Waals surface area contributed by atoms with Crippen LogP contribution in [0.15, 0.2) is 36.7 Å². The average molecular weight is 324 g/mol. The quantitative estimate of drug-likeness (QED) is 0.777. The van der Waals surface area contributed by atoms with Gasteiger partial charge in [-0.3, -0.25) is 9.48 Å². The Bertz CT molecular complexity index is 895. The van der Waals surface area contributed by atoms with Crippen LogP contribution in [-0.4, -0.2) is 33.3 Å². The molecule has 0 spiro atoms. The van der Waals surface area contributed by atoms with Crippen LogP contribution in [-0.2, 0) is 11.8 Å². The van der Waals surface area contributed by atoms with Gasteiger partial charge in [-0.2, -0.15) is 5.10 Å². The Kier molecular flexibility index (Phi) is 3.61. The van der Waals surface area contributed by atoms with Gasteiger partial charge >= 0.3 is 0 Å². The predicted molar refractivity (Wildman–Crippen MR) is 90.8 cm³/mol. The average Bonchev–Trinajstić information content (AvgIpc) is 3.29. The van der Waals surface area contributed by atoms with Gasteiger partial charge in [0.1, 0.15) is 6.10 Å². The molecule has 1 aliphatic heterocycles. The molecule has 6 nitrogen and oxygen atoms in total. The minimum Gasteiger partial charge on any atom is -0.371 e. The molecule has 3 aromatic rings. The fourth-order valence-corrected chi connectivity index (χ4v) is 3.29. The van der Waals surface area contributed by atoms with E-state index in [0.29, 0.717) is 12.2 Å². The summed E-state index contributed by atoms with van der Waals surface area (Å²) in [4.78, 5) is 15.8. The summed E-state index contributed by atoms with van der Waals surface area (Å²) in [5.41, 5.74) is 3.80. The molecule has 1 aliphatic rings. The van der Waals surface area contributed by atoms with E-state index in [2.05, 4.69) is 15.4 Å². The van der Waals surface area contributed by atoms with Crippen molar-refractivity contribution in [2.45, 2.75) is 25.5 Å². The lowest BCUT2D eigenvalue weighted by molar-refractivity contribution is 0.0819. The maximum atomic E-state index is 12.6. The molecule has 0 unspecified atom stereocenters. The van der Waals surface area contributed by atoms with Crippen molar-refractivity contribution in [3.05, 3.63) is 53.5 Å². The summed E-state index contributed by atoms with van der Waals surface area (Å²) in [7, 11) is 1.91. The lowest BCUT2D eigenvalue weighted by atomic mass is 10.0. The molecule has 1 saturated heterocycles. The Labute approximate surface area is 139 Å². The van der Waals surface area contributed by atoms with Crippen LogP contribution in [0.4, 0.5) is 0 Å². The van der Waals surface area contributed by atoms with Gasteiger partial charge in [-0.25, -0.2) is 0 Å². The summed E-state index contributed by atoms with van der Waals surface area (Å²) in [5, 5.41) is 8.44. The van der Waals surface area contributed by atoms with E-state index in [9.17, 15) is 4.79 Å². The Balaban J connectivity index is 1.55. The van der Waals surface area contributed by atoms with Crippen LogP contribution < -0.4 is 5.32 Å². The van der Waals surface area contributed by atoms with Crippen LogP contribution in [0.5, 0.6) is 0 Å². The molecule has 3 heterocycles. The first-order valence-corrected chi connectivity index (χ1v) is 8.11. The van der Waals surface area contributed by atoms with Gasteiger partial charge in [0, 0.05) is 47.6 Å². The van der Waals surface area contributed by atoms with Gasteiger partial charge in [0.15, 0.2) is 0 Å². The number of aromatic amines is 1. The number of aromatic nitrogens is 3. The van der Waals surface area contributed by atoms with E-state index >= 15 is 0 Å². The van der Waals surface area contributed by atoms with Crippen molar-refractivity contribution in [3.63, 3.8) is 0 Å². The molecule has 2 aromatic heterocycles. The van der Waals surface area contributed by atoms with Gasteiger partial charge in [0.2, 0.25) is 0 Å². The first kappa shape index (κ1) is 15.0. The van der Waals surface area contributed by atoms with Gasteiger partial charge in [-0.1, -0.05) is 0 Å². The van der Waals surface area contributed by atoms with E-state index in [0.717, 1.165) is 28.6 Å². The normalized spacial score (nSPS) is 20.6. The SMILES string of the molecule is Cc1c([C@H]2OCC[C@@H]2NC(=O)c2ccc3[nH]ccc3c2)cnn1C. The highest BCUT2D eigenvalue weighted by Crippen LogP contribution is 2.31. The summed E-state index contributed by atoms with van der Waals surface area (Å²) in [6.07, 6.45) is 4.37. The standard InChI is InChI=1S/C18H20N4O2/c1-11-14(10-20-22(11)2)17-16(6-8-24-17)21-18(23)13-3-4-15-12(9-13)5-7-19-15/h3-5,7,9-10,16-17,19H,6,8H2,1-2H3,(H,21,23)/t16-,17+/m0/s1. The first-order chi connectivity index (χ1) is 11.6. The third-order valence-electron chi connectivity index (χ3n) is 4.80. The lowest BCUT2D eigenvalue weighted by Crippen LogP contribution is -2.36. The summed E-state index contributed by atoms with van der Waals surface area (Å²) >= 11 is 0. The lowest BCUT2D eigenvalue weighted by Gasteiger charge is -2.20. The number of fused-ring (bicyclic) bond motifs is 1. The molecule has 4 rings (SSSR count). The first-order valence-electron chi connectivity index (χ1n) is 8.11. The number of hydrogen-bond acceptors (Lipinski definition) is 3. The third-order valence-corrected chi connectivity index (χ3v) is 4.80. The van der Waals surface area contributed by atoms with Crippen LogP contribution in [0.2, 0.25) is 0 Å². The fourth-order valence-electron chi connectivity index (χ4n) is 3.29. The Morgan fingerprint density at radius 1 is 1.42 bits per heavy atom. The molecular formula is C18H20N4O2. The molecule has 2 N–H and O–H groups in total. The van der Waals surface area contributed by atoms with Crippen molar-refractivity contribution in [2.75, 3.05) is 6.61 Å². The summed E-state index contributed by atoms with van der Waals surface area (Å²) in [5.74, 6) is -0.0693. The minimum atomic E-state index is -0.140. The number of amides is 1. The van der Waals surface area contributed by atoms with Gasteiger partial charge in [0.05, 0.1) is 12.2 Å². The molecule has 1 fully saturated rings. The summed E-state index contributed by atoms with van der Waals surface area (Å²) < 4.78 is 7.70. The monoisotopic (exact) mass is 324 g/mol. The third kappa shape index (κ3) is 2.49. The molecule has 1 amide bonds. The number of nitrogens with one attached hydrogen (secondary N) is 2. The molecule has 1 aromatic carbocycles. The zero-order valence-corrected chi connectivity index (χ0v) is 13.7. The van der Waals surface area contributed by atoms with Crippen molar-refractivity contribution in [1.82, 2.24) is 20.1 Å². The molecule has 0 saturated carbocycles. The molecule has 6 heteroatoms. The summed E-state index contributed by atoms with van der Waals surface area (Å²) in [6.45, 7) is 2.66. The maximum Gasteiger partial charge on any atom is 0.251 e. The largest absolute Gasteiger partial charge is 0.371 e. The molecule has 0 bridgehead atoms. The van der Waals surface area contributed by atoms with Gasteiger partial charge < -0.3 is 15.0 Å². The van der Waals surface area contributed by atoms with Crippen molar-refractivity contribution in [2.24, 2.45) is 7.05 Å². The highest BCUT2D eigenvalue weighted by atomic mass is 16.5. The van der Waals surface area contributed by atoms with Crippen LogP contribution in [0.3, 0.4) is 0 Å². The van der Waals surface area contributed by atoms with Crippen molar-refractivity contribution >= 4 is 16.8 Å². The predicted octanol–water partition coefficient (Wildman–Crippen LogP) is 2.47. The van der Waals surface area contributed by atoms with Gasteiger partial charge in [0.25, 0.3) is 5.91 Å². The highest BCUT2D eigenvalue weighted by Gasteiger charge is 2.33. The van der Waals surface area contributed by atoms with E-state index in [1.807, 2.05) is 55.3 Å². The Morgan fingerprint density at radius 2 is 2.29 bits per heavy atom. The van der Waals surface area contributed by atoms with Crippen molar-refractivity contribution in [3.8, 4) is 0 Å². The second-order valence-electron chi connectivity index (χ2n) is 6.25. The van der Waals surface area contributed by atoms with Crippen LogP contribution in [0, 0.1) is 6.92 Å². The minimum absolute atomic E-state index is 0.0395. The molecule has 24 heavy (non-hydrogen) atoms.